The van der Waals surface area contributed by atoms with Crippen molar-refractivity contribution in [3.63, 3.8) is 0 Å². The van der Waals surface area contributed by atoms with Gasteiger partial charge in [-0.15, -0.1) is 0 Å². The van der Waals surface area contributed by atoms with E-state index in [2.05, 4.69) is 0 Å². The van der Waals surface area contributed by atoms with Crippen molar-refractivity contribution in [2.75, 3.05) is 0 Å². The molecule has 1 aromatic rings. The number of primary amides is 1. The number of benzene rings is 1. The SMILES string of the molecule is NC(=O)C1CC(=O)N(C2CC2)C1c1ccc(F)c(F)c1. The third kappa shape index (κ3) is 2.05. The van der Waals surface area contributed by atoms with E-state index in [-0.39, 0.29) is 18.4 Å². The molecule has 2 N–H and O–H groups in total. The van der Waals surface area contributed by atoms with Gasteiger partial charge in [0.25, 0.3) is 0 Å². The number of nitrogens with two attached hydrogens (primary N) is 1. The van der Waals surface area contributed by atoms with E-state index in [0.29, 0.717) is 5.56 Å². The molecule has 0 aromatic heterocycles. The zero-order valence-electron chi connectivity index (χ0n) is 10.7. The predicted molar refractivity (Wildman–Crippen MR) is 66.3 cm³/mol. The molecule has 2 aliphatic rings. The lowest BCUT2D eigenvalue weighted by atomic mass is 9.93. The number of likely N-dealkylation sites (tertiary alicyclic amines) is 1. The first-order chi connectivity index (χ1) is 9.49. The van der Waals surface area contributed by atoms with Gasteiger partial charge < -0.3 is 10.6 Å². The quantitative estimate of drug-likeness (QED) is 0.912. The van der Waals surface area contributed by atoms with Crippen LogP contribution in [0.25, 0.3) is 0 Å². The highest BCUT2D eigenvalue weighted by Gasteiger charge is 2.49. The first-order valence-corrected chi connectivity index (χ1v) is 6.54. The summed E-state index contributed by atoms with van der Waals surface area (Å²) >= 11 is 0. The average Bonchev–Trinajstić information content (AvgIpc) is 3.16. The Balaban J connectivity index is 2.02. The number of hydrogen-bond donors (Lipinski definition) is 1. The summed E-state index contributed by atoms with van der Waals surface area (Å²) in [6.07, 6.45) is 1.78. The van der Waals surface area contributed by atoms with E-state index in [0.717, 1.165) is 25.0 Å². The summed E-state index contributed by atoms with van der Waals surface area (Å²) in [5.41, 5.74) is 5.77. The molecule has 0 spiro atoms. The second-order valence-corrected chi connectivity index (χ2v) is 5.36. The summed E-state index contributed by atoms with van der Waals surface area (Å²) < 4.78 is 26.4. The van der Waals surface area contributed by atoms with Crippen LogP contribution in [0, 0.1) is 17.6 Å². The van der Waals surface area contributed by atoms with Gasteiger partial charge in [-0.05, 0) is 30.5 Å². The van der Waals surface area contributed by atoms with Gasteiger partial charge in [-0.1, -0.05) is 6.07 Å². The Morgan fingerprint density at radius 1 is 1.25 bits per heavy atom. The fourth-order valence-electron chi connectivity index (χ4n) is 2.88. The van der Waals surface area contributed by atoms with Crippen LogP contribution in [0.4, 0.5) is 8.78 Å². The number of amides is 2. The topological polar surface area (TPSA) is 63.4 Å². The monoisotopic (exact) mass is 280 g/mol. The summed E-state index contributed by atoms with van der Waals surface area (Å²) in [7, 11) is 0. The van der Waals surface area contributed by atoms with Crippen LogP contribution in [-0.4, -0.2) is 22.8 Å². The molecule has 106 valence electrons. The highest BCUT2D eigenvalue weighted by atomic mass is 19.2. The summed E-state index contributed by atoms with van der Waals surface area (Å²) in [6, 6.07) is 2.97. The van der Waals surface area contributed by atoms with Crippen molar-refractivity contribution in [3.05, 3.63) is 35.4 Å². The number of carbonyl (C=O) groups excluding carboxylic acids is 2. The molecule has 4 nitrogen and oxygen atoms in total. The van der Waals surface area contributed by atoms with Crippen molar-refractivity contribution in [1.82, 2.24) is 4.90 Å². The Bertz CT molecular complexity index is 587. The molecule has 1 aromatic carbocycles. The van der Waals surface area contributed by atoms with Gasteiger partial charge in [0, 0.05) is 12.5 Å². The van der Waals surface area contributed by atoms with Gasteiger partial charge in [0.1, 0.15) is 0 Å². The van der Waals surface area contributed by atoms with Crippen molar-refractivity contribution in [2.24, 2.45) is 11.7 Å². The Morgan fingerprint density at radius 3 is 2.50 bits per heavy atom. The molecule has 6 heteroatoms. The van der Waals surface area contributed by atoms with Crippen LogP contribution < -0.4 is 5.73 Å². The lowest BCUT2D eigenvalue weighted by Gasteiger charge is -2.27. The third-order valence-corrected chi connectivity index (χ3v) is 3.95. The second kappa shape index (κ2) is 4.54. The van der Waals surface area contributed by atoms with Gasteiger partial charge in [-0.2, -0.15) is 0 Å². The maximum atomic E-state index is 13.4. The molecule has 1 aliphatic carbocycles. The Morgan fingerprint density at radius 2 is 1.95 bits per heavy atom. The molecule has 20 heavy (non-hydrogen) atoms. The number of carbonyl (C=O) groups is 2. The predicted octanol–water partition coefficient (Wildman–Crippen LogP) is 1.50. The van der Waals surface area contributed by atoms with Crippen molar-refractivity contribution < 1.29 is 18.4 Å². The lowest BCUT2D eigenvalue weighted by molar-refractivity contribution is -0.129. The van der Waals surface area contributed by atoms with Crippen molar-refractivity contribution in [3.8, 4) is 0 Å². The molecular formula is C14H14F2N2O2. The average molecular weight is 280 g/mol. The molecule has 1 saturated carbocycles. The minimum absolute atomic E-state index is 0.0372. The molecule has 3 rings (SSSR count). The summed E-state index contributed by atoms with van der Waals surface area (Å²) in [5.74, 6) is -3.36. The molecule has 2 fully saturated rings. The molecule has 2 atom stereocenters. The normalized spacial score (nSPS) is 26.1. The van der Waals surface area contributed by atoms with E-state index in [1.807, 2.05) is 0 Å². The largest absolute Gasteiger partial charge is 0.369 e. The first kappa shape index (κ1) is 13.0. The highest BCUT2D eigenvalue weighted by molar-refractivity contribution is 5.90. The Labute approximate surface area is 114 Å². The summed E-state index contributed by atoms with van der Waals surface area (Å²) in [5, 5.41) is 0. The van der Waals surface area contributed by atoms with Gasteiger partial charge in [-0.25, -0.2) is 8.78 Å². The van der Waals surface area contributed by atoms with Crippen LogP contribution in [0.1, 0.15) is 30.9 Å². The van der Waals surface area contributed by atoms with Crippen LogP contribution in [0.15, 0.2) is 18.2 Å². The van der Waals surface area contributed by atoms with Crippen LogP contribution in [0.3, 0.4) is 0 Å². The highest BCUT2D eigenvalue weighted by Crippen LogP contribution is 2.44. The van der Waals surface area contributed by atoms with Crippen LogP contribution in [-0.2, 0) is 9.59 Å². The van der Waals surface area contributed by atoms with Gasteiger partial charge in [0.15, 0.2) is 11.6 Å². The fourth-order valence-corrected chi connectivity index (χ4v) is 2.88. The summed E-state index contributed by atoms with van der Waals surface area (Å²) in [6.45, 7) is 0. The zero-order chi connectivity index (χ0) is 14.4. The van der Waals surface area contributed by atoms with Gasteiger partial charge in [0.2, 0.25) is 11.8 Å². The lowest BCUT2D eigenvalue weighted by Crippen LogP contribution is -2.34. The van der Waals surface area contributed by atoms with Gasteiger partial charge in [0.05, 0.1) is 12.0 Å². The van der Waals surface area contributed by atoms with E-state index >= 15 is 0 Å². The van der Waals surface area contributed by atoms with Crippen molar-refractivity contribution >= 4 is 11.8 Å². The second-order valence-electron chi connectivity index (χ2n) is 5.36. The molecule has 1 heterocycles. The van der Waals surface area contributed by atoms with Crippen LogP contribution in [0.5, 0.6) is 0 Å². The molecule has 0 radical (unpaired) electrons. The molecule has 2 unspecified atom stereocenters. The van der Waals surface area contributed by atoms with Crippen LogP contribution >= 0.6 is 0 Å². The van der Waals surface area contributed by atoms with E-state index in [1.54, 1.807) is 4.90 Å². The zero-order valence-corrected chi connectivity index (χ0v) is 10.7. The fraction of sp³-hybridized carbons (Fsp3) is 0.429. The minimum Gasteiger partial charge on any atom is -0.369 e. The number of hydrogen-bond acceptors (Lipinski definition) is 2. The molecule has 1 aliphatic heterocycles. The first-order valence-electron chi connectivity index (χ1n) is 6.54. The van der Waals surface area contributed by atoms with Crippen molar-refractivity contribution in [2.45, 2.75) is 31.3 Å². The molecule has 2 amide bonds. The van der Waals surface area contributed by atoms with E-state index in [9.17, 15) is 18.4 Å². The van der Waals surface area contributed by atoms with Crippen molar-refractivity contribution in [1.29, 1.82) is 0 Å². The smallest absolute Gasteiger partial charge is 0.224 e. The summed E-state index contributed by atoms with van der Waals surface area (Å²) in [4.78, 5) is 25.2. The van der Waals surface area contributed by atoms with Gasteiger partial charge in [-0.3, -0.25) is 9.59 Å². The molecule has 1 saturated heterocycles. The third-order valence-electron chi connectivity index (χ3n) is 3.95. The number of halogens is 2. The minimum atomic E-state index is -0.985. The number of nitrogens with zero attached hydrogens (tertiary/aromatic N) is 1. The Kier molecular flexibility index (Phi) is 2.96. The maximum absolute atomic E-state index is 13.4. The van der Waals surface area contributed by atoms with Gasteiger partial charge >= 0.3 is 0 Å². The maximum Gasteiger partial charge on any atom is 0.224 e. The van der Waals surface area contributed by atoms with E-state index in [4.69, 9.17) is 5.73 Å². The van der Waals surface area contributed by atoms with Crippen LogP contribution in [0.2, 0.25) is 0 Å². The Hall–Kier alpha value is -1.98. The molecule has 0 bridgehead atoms. The van der Waals surface area contributed by atoms with E-state index < -0.39 is 29.5 Å². The number of rotatable bonds is 3. The standard InChI is InChI=1S/C14H14F2N2O2/c15-10-4-1-7(5-11(10)16)13-9(14(17)20)6-12(19)18(13)8-2-3-8/h1,4-5,8-9,13H,2-3,6H2,(H2,17,20). The molecular weight excluding hydrogens is 266 g/mol. The van der Waals surface area contributed by atoms with E-state index in [1.165, 1.54) is 6.07 Å².